The Kier molecular flexibility index (Phi) is 10.3. The van der Waals surface area contributed by atoms with Crippen LogP contribution in [0.3, 0.4) is 0 Å². The summed E-state index contributed by atoms with van der Waals surface area (Å²) >= 11 is 0. The van der Waals surface area contributed by atoms with Crippen molar-refractivity contribution in [3.8, 4) is 72.7 Å². The van der Waals surface area contributed by atoms with Gasteiger partial charge in [0.2, 0.25) is 0 Å². The van der Waals surface area contributed by atoms with Gasteiger partial charge in [-0.2, -0.15) is 0 Å². The number of hydrogen-bond acceptors (Lipinski definition) is 2. The van der Waals surface area contributed by atoms with Crippen LogP contribution in [0.1, 0.15) is 0 Å². The van der Waals surface area contributed by atoms with Gasteiger partial charge in [0.15, 0.2) is 0 Å². The Hall–Kier alpha value is -8.53. The van der Waals surface area contributed by atoms with E-state index in [2.05, 4.69) is 258 Å². The molecule has 0 aliphatic heterocycles. The maximum atomic E-state index is 5.09. The van der Waals surface area contributed by atoms with Crippen molar-refractivity contribution >= 4 is 28.1 Å². The number of imidazole rings is 1. The molecule has 0 aliphatic rings. The molecule has 0 saturated heterocycles. The van der Waals surface area contributed by atoms with E-state index < -0.39 is 0 Å². The number of rotatable bonds is 10. The highest BCUT2D eigenvalue weighted by Gasteiger charge is 2.17. The minimum Gasteiger partial charge on any atom is -0.311 e. The first-order chi connectivity index (χ1) is 31.7. The van der Waals surface area contributed by atoms with Crippen LogP contribution in [0.2, 0.25) is 0 Å². The summed E-state index contributed by atoms with van der Waals surface area (Å²) in [5.41, 5.74) is 19.3. The molecule has 0 N–H and O–H groups in total. The van der Waals surface area contributed by atoms with Crippen molar-refractivity contribution in [1.82, 2.24) is 9.55 Å². The monoisotopic (exact) mass is 817 g/mol. The number of anilines is 3. The van der Waals surface area contributed by atoms with Gasteiger partial charge < -0.3 is 4.90 Å². The summed E-state index contributed by atoms with van der Waals surface area (Å²) in [6.07, 6.45) is 0. The molecular weight excluding hydrogens is 775 g/mol. The summed E-state index contributed by atoms with van der Waals surface area (Å²) in [5.74, 6) is 0.926. The second-order valence-electron chi connectivity index (χ2n) is 16.0. The zero-order valence-electron chi connectivity index (χ0n) is 35.2. The van der Waals surface area contributed by atoms with Gasteiger partial charge >= 0.3 is 0 Å². The van der Waals surface area contributed by atoms with Gasteiger partial charge in [0.25, 0.3) is 0 Å². The van der Waals surface area contributed by atoms with Crippen LogP contribution in [-0.2, 0) is 0 Å². The van der Waals surface area contributed by atoms with Gasteiger partial charge in [0.05, 0.1) is 11.0 Å². The number of benzene rings is 10. The van der Waals surface area contributed by atoms with Crippen LogP contribution >= 0.6 is 0 Å². The third kappa shape index (κ3) is 7.68. The second kappa shape index (κ2) is 17.1. The third-order valence-corrected chi connectivity index (χ3v) is 12.0. The van der Waals surface area contributed by atoms with E-state index in [4.69, 9.17) is 4.98 Å². The van der Waals surface area contributed by atoms with Crippen molar-refractivity contribution in [2.75, 3.05) is 4.90 Å². The maximum Gasteiger partial charge on any atom is 0.145 e. The first kappa shape index (κ1) is 38.4. The lowest BCUT2D eigenvalue weighted by molar-refractivity contribution is 1.10. The smallest absolute Gasteiger partial charge is 0.145 e. The minimum absolute atomic E-state index is 0.926. The van der Waals surface area contributed by atoms with Crippen LogP contribution in [0.25, 0.3) is 83.7 Å². The number of para-hydroxylation sites is 2. The molecule has 64 heavy (non-hydrogen) atoms. The van der Waals surface area contributed by atoms with E-state index in [0.717, 1.165) is 56.3 Å². The van der Waals surface area contributed by atoms with Crippen molar-refractivity contribution in [3.05, 3.63) is 261 Å². The summed E-state index contributed by atoms with van der Waals surface area (Å²) in [5, 5.41) is 0. The highest BCUT2D eigenvalue weighted by molar-refractivity contribution is 5.85. The van der Waals surface area contributed by atoms with Gasteiger partial charge in [-0.15, -0.1) is 0 Å². The van der Waals surface area contributed by atoms with Crippen LogP contribution in [0.4, 0.5) is 17.1 Å². The van der Waals surface area contributed by atoms with Gasteiger partial charge in [0.1, 0.15) is 5.82 Å². The van der Waals surface area contributed by atoms with Crippen LogP contribution in [0.15, 0.2) is 261 Å². The lowest BCUT2D eigenvalue weighted by Gasteiger charge is -2.26. The van der Waals surface area contributed by atoms with Crippen LogP contribution < -0.4 is 4.90 Å². The highest BCUT2D eigenvalue weighted by atomic mass is 15.1. The van der Waals surface area contributed by atoms with Crippen LogP contribution in [0, 0.1) is 0 Å². The van der Waals surface area contributed by atoms with E-state index >= 15 is 0 Å². The van der Waals surface area contributed by atoms with Gasteiger partial charge in [-0.25, -0.2) is 4.98 Å². The van der Waals surface area contributed by atoms with E-state index in [-0.39, 0.29) is 0 Å². The van der Waals surface area contributed by atoms with Crippen molar-refractivity contribution in [3.63, 3.8) is 0 Å². The Morgan fingerprint density at radius 1 is 0.266 bits per heavy atom. The summed E-state index contributed by atoms with van der Waals surface area (Å²) in [6, 6.07) is 93.1. The summed E-state index contributed by atoms with van der Waals surface area (Å²) in [7, 11) is 0. The van der Waals surface area contributed by atoms with Gasteiger partial charge in [0, 0.05) is 28.3 Å². The zero-order chi connectivity index (χ0) is 42.7. The molecule has 302 valence electrons. The standard InChI is InChI=1S/C61H43N3/c1-4-15-44(16-5-1)50-21-12-23-52(41-50)46-29-35-55(36-30-46)63(56-37-31-47(32-38-56)53-24-13-22-51(42-53)45-17-6-2-7-18-45)57-39-33-48(34-40-57)54-25-14-26-58(43-54)64-60-28-11-10-27-59(60)62-61(64)49-19-8-3-9-20-49/h1-43H. The van der Waals surface area contributed by atoms with E-state index in [9.17, 15) is 0 Å². The Morgan fingerprint density at radius 2 is 0.609 bits per heavy atom. The molecule has 0 fully saturated rings. The average Bonchev–Trinajstić information content (AvgIpc) is 3.78. The van der Waals surface area contributed by atoms with Crippen molar-refractivity contribution in [1.29, 1.82) is 0 Å². The fraction of sp³-hybridized carbons (Fsp3) is 0. The molecule has 11 rings (SSSR count). The molecule has 11 aromatic rings. The molecule has 3 nitrogen and oxygen atoms in total. The fourth-order valence-corrected chi connectivity index (χ4v) is 8.77. The second-order valence-corrected chi connectivity index (χ2v) is 16.0. The molecule has 10 aromatic carbocycles. The number of aromatic nitrogens is 2. The largest absolute Gasteiger partial charge is 0.311 e. The molecule has 1 heterocycles. The van der Waals surface area contributed by atoms with Crippen LogP contribution in [-0.4, -0.2) is 9.55 Å². The molecule has 0 saturated carbocycles. The van der Waals surface area contributed by atoms with Crippen molar-refractivity contribution in [2.24, 2.45) is 0 Å². The molecule has 0 radical (unpaired) electrons. The lowest BCUT2D eigenvalue weighted by Crippen LogP contribution is -2.09. The SMILES string of the molecule is c1ccc(-c2cccc(-c3ccc(N(c4ccc(-c5cccc(-c6ccccc6)c5)cc4)c4ccc(-c5cccc(-n6c(-c7ccccc7)nc7ccccc76)c5)cc4)cc3)c2)cc1. The van der Waals surface area contributed by atoms with E-state index in [1.54, 1.807) is 0 Å². The summed E-state index contributed by atoms with van der Waals surface area (Å²) in [4.78, 5) is 7.43. The summed E-state index contributed by atoms with van der Waals surface area (Å²) in [6.45, 7) is 0. The highest BCUT2D eigenvalue weighted by Crippen LogP contribution is 2.39. The van der Waals surface area contributed by atoms with Gasteiger partial charge in [-0.1, -0.05) is 188 Å². The van der Waals surface area contributed by atoms with E-state index in [1.807, 2.05) is 12.1 Å². The van der Waals surface area contributed by atoms with Crippen LogP contribution in [0.5, 0.6) is 0 Å². The molecule has 0 bridgehead atoms. The molecule has 1 aromatic heterocycles. The molecule has 0 spiro atoms. The van der Waals surface area contributed by atoms with Crippen molar-refractivity contribution < 1.29 is 0 Å². The first-order valence-corrected chi connectivity index (χ1v) is 21.8. The quantitative estimate of drug-likeness (QED) is 0.137. The van der Waals surface area contributed by atoms with Gasteiger partial charge in [-0.05, 0) is 128 Å². The average molecular weight is 818 g/mol. The molecule has 0 aliphatic carbocycles. The Labute approximate surface area is 374 Å². The van der Waals surface area contributed by atoms with Gasteiger partial charge in [-0.3, -0.25) is 4.57 Å². The van der Waals surface area contributed by atoms with E-state index in [0.29, 0.717) is 0 Å². The maximum absolute atomic E-state index is 5.09. The number of nitrogens with zero attached hydrogens (tertiary/aromatic N) is 3. The van der Waals surface area contributed by atoms with E-state index in [1.165, 1.54) is 44.5 Å². The third-order valence-electron chi connectivity index (χ3n) is 12.0. The number of fused-ring (bicyclic) bond motifs is 1. The van der Waals surface area contributed by atoms with Crippen molar-refractivity contribution in [2.45, 2.75) is 0 Å². The zero-order valence-corrected chi connectivity index (χ0v) is 35.2. The molecule has 0 amide bonds. The normalized spacial score (nSPS) is 11.1. The molecule has 0 unspecified atom stereocenters. The first-order valence-electron chi connectivity index (χ1n) is 21.8. The Morgan fingerprint density at radius 3 is 1.06 bits per heavy atom. The lowest BCUT2D eigenvalue weighted by atomic mass is 9.98. The topological polar surface area (TPSA) is 21.1 Å². The predicted molar refractivity (Wildman–Crippen MR) is 268 cm³/mol. The molecule has 3 heteroatoms. The Bertz CT molecular complexity index is 3210. The molecule has 0 atom stereocenters. The Balaban J connectivity index is 0.948. The predicted octanol–water partition coefficient (Wildman–Crippen LogP) is 16.5. The number of hydrogen-bond donors (Lipinski definition) is 0. The minimum atomic E-state index is 0.926. The fourth-order valence-electron chi connectivity index (χ4n) is 8.77. The molecular formula is C61H43N3. The summed E-state index contributed by atoms with van der Waals surface area (Å²) < 4.78 is 2.27.